The topological polar surface area (TPSA) is 87.5 Å². The van der Waals surface area contributed by atoms with E-state index in [1.54, 1.807) is 0 Å². The lowest BCUT2D eigenvalue weighted by molar-refractivity contribution is 0.0684. The Bertz CT molecular complexity index is 377. The minimum Gasteiger partial charge on any atom is -0.477 e. The van der Waals surface area contributed by atoms with Gasteiger partial charge in [0.2, 0.25) is 0 Å². The fourth-order valence-corrected chi connectivity index (χ4v) is 1.10. The third-order valence-electron chi connectivity index (χ3n) is 1.27. The molecule has 0 bridgehead atoms. The predicted octanol–water partition coefficient (Wildman–Crippen LogP) is 1.24. The highest BCUT2D eigenvalue weighted by Gasteiger charge is 2.13. The maximum atomic E-state index is 10.5. The van der Waals surface area contributed by atoms with Gasteiger partial charge in [0, 0.05) is 0 Å². The average Bonchev–Trinajstić information content (AvgIpc) is 2.04. The number of carboxylic acids is 2. The zero-order chi connectivity index (χ0) is 10.0. The number of pyridine rings is 1. The number of hydrogen-bond donors (Lipinski definition) is 2. The third kappa shape index (κ3) is 2.03. The van der Waals surface area contributed by atoms with Gasteiger partial charge < -0.3 is 10.2 Å². The Hall–Kier alpha value is -1.43. The summed E-state index contributed by atoms with van der Waals surface area (Å²) in [6.45, 7) is 0. The molecule has 0 radical (unpaired) electrons. The van der Waals surface area contributed by atoms with Gasteiger partial charge in [0.25, 0.3) is 0 Å². The van der Waals surface area contributed by atoms with Crippen LogP contribution in [0.15, 0.2) is 16.6 Å². The van der Waals surface area contributed by atoms with E-state index in [0.29, 0.717) is 0 Å². The lowest BCUT2D eigenvalue weighted by atomic mass is 10.3. The monoisotopic (exact) mass is 245 g/mol. The molecule has 1 rings (SSSR count). The summed E-state index contributed by atoms with van der Waals surface area (Å²) in [4.78, 5) is 24.4. The van der Waals surface area contributed by atoms with E-state index in [1.165, 1.54) is 12.1 Å². The highest BCUT2D eigenvalue weighted by atomic mass is 79.9. The Balaban J connectivity index is 3.27. The second-order valence-corrected chi connectivity index (χ2v) is 2.99. The van der Waals surface area contributed by atoms with Crippen LogP contribution in [0.2, 0.25) is 0 Å². The molecule has 5 nitrogen and oxygen atoms in total. The molecule has 0 aliphatic rings. The normalized spacial score (nSPS) is 9.62. The molecular weight excluding hydrogens is 242 g/mol. The first kappa shape index (κ1) is 9.66. The van der Waals surface area contributed by atoms with E-state index in [4.69, 9.17) is 10.2 Å². The first-order valence-electron chi connectivity index (χ1n) is 3.15. The van der Waals surface area contributed by atoms with Gasteiger partial charge in [0.05, 0.1) is 4.47 Å². The highest BCUT2D eigenvalue weighted by Crippen LogP contribution is 2.14. The van der Waals surface area contributed by atoms with Crippen LogP contribution in [-0.2, 0) is 0 Å². The van der Waals surface area contributed by atoms with Gasteiger partial charge >= 0.3 is 11.9 Å². The Morgan fingerprint density at radius 1 is 1.23 bits per heavy atom. The summed E-state index contributed by atoms with van der Waals surface area (Å²) in [5, 5.41) is 17.1. The average molecular weight is 246 g/mol. The number of aromatic nitrogens is 1. The molecule has 0 spiro atoms. The number of halogens is 1. The molecule has 0 saturated heterocycles. The van der Waals surface area contributed by atoms with E-state index in [-0.39, 0.29) is 15.9 Å². The number of carboxylic acid groups (broad SMARTS) is 2. The van der Waals surface area contributed by atoms with Crippen molar-refractivity contribution in [3.05, 3.63) is 28.0 Å². The largest absolute Gasteiger partial charge is 0.477 e. The van der Waals surface area contributed by atoms with E-state index in [1.807, 2.05) is 0 Å². The highest BCUT2D eigenvalue weighted by molar-refractivity contribution is 9.10. The second kappa shape index (κ2) is 3.53. The summed E-state index contributed by atoms with van der Waals surface area (Å²) >= 11 is 2.94. The van der Waals surface area contributed by atoms with Crippen LogP contribution in [0.25, 0.3) is 0 Å². The molecule has 0 aliphatic heterocycles. The molecule has 0 saturated carbocycles. The molecule has 2 N–H and O–H groups in total. The number of aromatic carboxylic acids is 2. The van der Waals surface area contributed by atoms with Crippen LogP contribution >= 0.6 is 15.9 Å². The van der Waals surface area contributed by atoms with Gasteiger partial charge in [-0.25, -0.2) is 14.6 Å². The van der Waals surface area contributed by atoms with Gasteiger partial charge in [-0.05, 0) is 28.1 Å². The number of nitrogens with zero attached hydrogens (tertiary/aromatic N) is 1. The van der Waals surface area contributed by atoms with Crippen LogP contribution in [0.4, 0.5) is 0 Å². The number of rotatable bonds is 2. The van der Waals surface area contributed by atoms with E-state index in [0.717, 1.165) is 0 Å². The molecule has 6 heteroatoms. The molecule has 1 aromatic rings. The molecule has 0 amide bonds. The van der Waals surface area contributed by atoms with E-state index in [9.17, 15) is 9.59 Å². The fourth-order valence-electron chi connectivity index (χ4n) is 0.711. The minimum absolute atomic E-state index is 0.255. The van der Waals surface area contributed by atoms with Crippen LogP contribution in [0, 0.1) is 0 Å². The van der Waals surface area contributed by atoms with Crippen molar-refractivity contribution in [1.82, 2.24) is 4.98 Å². The maximum Gasteiger partial charge on any atom is 0.355 e. The third-order valence-corrected chi connectivity index (χ3v) is 1.91. The maximum absolute atomic E-state index is 10.5. The van der Waals surface area contributed by atoms with E-state index >= 15 is 0 Å². The predicted molar refractivity (Wildman–Crippen MR) is 45.9 cm³/mol. The van der Waals surface area contributed by atoms with Crippen molar-refractivity contribution in [2.45, 2.75) is 0 Å². The number of hydrogen-bond acceptors (Lipinski definition) is 3. The lowest BCUT2D eigenvalue weighted by Crippen LogP contribution is -2.07. The zero-order valence-corrected chi connectivity index (χ0v) is 7.78. The van der Waals surface area contributed by atoms with E-state index in [2.05, 4.69) is 20.9 Å². The van der Waals surface area contributed by atoms with Gasteiger partial charge in [-0.15, -0.1) is 0 Å². The molecule has 13 heavy (non-hydrogen) atoms. The number of carbonyl (C=O) groups is 2. The molecular formula is C7H4BrNO4. The smallest absolute Gasteiger partial charge is 0.355 e. The van der Waals surface area contributed by atoms with Crippen molar-refractivity contribution in [3.63, 3.8) is 0 Å². The molecule has 1 aromatic heterocycles. The van der Waals surface area contributed by atoms with Crippen molar-refractivity contribution >= 4 is 27.9 Å². The van der Waals surface area contributed by atoms with Gasteiger partial charge in [-0.2, -0.15) is 0 Å². The first-order chi connectivity index (χ1) is 6.02. The Labute approximate surface area is 81.2 Å². The Morgan fingerprint density at radius 3 is 2.31 bits per heavy atom. The van der Waals surface area contributed by atoms with Gasteiger partial charge in [0.1, 0.15) is 5.69 Å². The molecule has 1 heterocycles. The molecule has 0 aromatic carbocycles. The van der Waals surface area contributed by atoms with Gasteiger partial charge in [0.15, 0.2) is 5.69 Å². The van der Waals surface area contributed by atoms with Crippen molar-refractivity contribution in [1.29, 1.82) is 0 Å². The molecule has 0 fully saturated rings. The summed E-state index contributed by atoms with van der Waals surface area (Å²) < 4.78 is 0.255. The van der Waals surface area contributed by atoms with Crippen molar-refractivity contribution in [2.75, 3.05) is 0 Å². The molecule has 0 unspecified atom stereocenters. The molecule has 68 valence electrons. The molecule has 0 atom stereocenters. The van der Waals surface area contributed by atoms with Crippen LogP contribution in [0.5, 0.6) is 0 Å². The quantitative estimate of drug-likeness (QED) is 0.819. The van der Waals surface area contributed by atoms with Crippen LogP contribution < -0.4 is 0 Å². The Morgan fingerprint density at radius 2 is 1.85 bits per heavy atom. The molecule has 0 aliphatic carbocycles. The summed E-state index contributed by atoms with van der Waals surface area (Å²) in [5.74, 6) is -2.52. The van der Waals surface area contributed by atoms with Crippen LogP contribution in [0.3, 0.4) is 0 Å². The first-order valence-corrected chi connectivity index (χ1v) is 3.95. The standard InChI is InChI=1S/C7H4BrNO4/c8-3-1-2-4(6(10)11)9-5(3)7(12)13/h1-2H,(H,10,11)(H,12,13). The minimum atomic E-state index is -1.27. The van der Waals surface area contributed by atoms with Crippen molar-refractivity contribution < 1.29 is 19.8 Å². The van der Waals surface area contributed by atoms with Crippen molar-refractivity contribution in [2.24, 2.45) is 0 Å². The SMILES string of the molecule is O=C(O)c1ccc(Br)c(C(=O)O)n1. The van der Waals surface area contributed by atoms with Gasteiger partial charge in [-0.1, -0.05) is 0 Å². The van der Waals surface area contributed by atoms with Crippen LogP contribution in [0.1, 0.15) is 21.0 Å². The second-order valence-electron chi connectivity index (χ2n) is 2.14. The summed E-state index contributed by atoms with van der Waals surface area (Å²) in [7, 11) is 0. The fraction of sp³-hybridized carbons (Fsp3) is 0. The lowest BCUT2D eigenvalue weighted by Gasteiger charge is -1.98. The summed E-state index contributed by atoms with van der Waals surface area (Å²) in [6, 6.07) is 2.55. The van der Waals surface area contributed by atoms with Crippen molar-refractivity contribution in [3.8, 4) is 0 Å². The summed E-state index contributed by atoms with van der Waals surface area (Å²) in [6.07, 6.45) is 0. The van der Waals surface area contributed by atoms with Crippen LogP contribution in [-0.4, -0.2) is 27.1 Å². The summed E-state index contributed by atoms with van der Waals surface area (Å²) in [5.41, 5.74) is -0.597. The van der Waals surface area contributed by atoms with Gasteiger partial charge in [-0.3, -0.25) is 0 Å². The zero-order valence-electron chi connectivity index (χ0n) is 6.19. The van der Waals surface area contributed by atoms with E-state index < -0.39 is 11.9 Å². The Kier molecular flexibility index (Phi) is 2.62.